The van der Waals surface area contributed by atoms with E-state index < -0.39 is 11.5 Å². The standard InChI is InChI=1S/C17H22ClNO3/c1-12-10-14(18)7-6-13(12)11-15(20)19-17(16(21)22)8-4-2-3-5-9-17/h6-7,10H,2-5,8-9,11H2,1H3,(H,19,20)(H,21,22). The van der Waals surface area contributed by atoms with Gasteiger partial charge in [0.05, 0.1) is 6.42 Å². The maximum atomic E-state index is 12.3. The molecule has 0 bridgehead atoms. The number of amides is 1. The van der Waals surface area contributed by atoms with Gasteiger partial charge in [-0.15, -0.1) is 0 Å². The van der Waals surface area contributed by atoms with E-state index in [1.54, 1.807) is 6.07 Å². The SMILES string of the molecule is Cc1cc(Cl)ccc1CC(=O)NC1(C(=O)O)CCCCCC1. The lowest BCUT2D eigenvalue weighted by molar-refractivity contribution is -0.148. The molecule has 1 aromatic rings. The number of benzene rings is 1. The van der Waals surface area contributed by atoms with Crippen LogP contribution < -0.4 is 5.32 Å². The van der Waals surface area contributed by atoms with E-state index in [0.717, 1.165) is 36.8 Å². The zero-order valence-electron chi connectivity index (χ0n) is 12.8. The molecular formula is C17H22ClNO3. The first-order valence-corrected chi connectivity index (χ1v) is 8.10. The Morgan fingerprint density at radius 3 is 2.41 bits per heavy atom. The van der Waals surface area contributed by atoms with Gasteiger partial charge in [-0.25, -0.2) is 4.79 Å². The summed E-state index contributed by atoms with van der Waals surface area (Å²) in [6.45, 7) is 1.90. The van der Waals surface area contributed by atoms with Crippen molar-refractivity contribution in [3.05, 3.63) is 34.3 Å². The highest BCUT2D eigenvalue weighted by molar-refractivity contribution is 6.30. The van der Waals surface area contributed by atoms with Crippen LogP contribution in [0.5, 0.6) is 0 Å². The summed E-state index contributed by atoms with van der Waals surface area (Å²) >= 11 is 5.91. The molecule has 2 N–H and O–H groups in total. The fraction of sp³-hybridized carbons (Fsp3) is 0.529. The Labute approximate surface area is 135 Å². The molecule has 0 aromatic heterocycles. The topological polar surface area (TPSA) is 66.4 Å². The van der Waals surface area contributed by atoms with Gasteiger partial charge in [0.2, 0.25) is 5.91 Å². The molecule has 4 nitrogen and oxygen atoms in total. The van der Waals surface area contributed by atoms with Gasteiger partial charge in [-0.3, -0.25) is 4.79 Å². The van der Waals surface area contributed by atoms with Crippen LogP contribution in [-0.2, 0) is 16.0 Å². The van der Waals surface area contributed by atoms with E-state index in [9.17, 15) is 14.7 Å². The zero-order chi connectivity index (χ0) is 16.2. The van der Waals surface area contributed by atoms with E-state index in [4.69, 9.17) is 11.6 Å². The molecule has 0 atom stereocenters. The van der Waals surface area contributed by atoms with Crippen LogP contribution in [0.4, 0.5) is 0 Å². The summed E-state index contributed by atoms with van der Waals surface area (Å²) in [7, 11) is 0. The molecule has 22 heavy (non-hydrogen) atoms. The fourth-order valence-corrected chi connectivity index (χ4v) is 3.29. The third-order valence-corrected chi connectivity index (χ3v) is 4.64. The second-order valence-corrected chi connectivity index (χ2v) is 6.53. The number of aliphatic carboxylic acids is 1. The Morgan fingerprint density at radius 1 is 1.23 bits per heavy atom. The van der Waals surface area contributed by atoms with Crippen LogP contribution in [0.3, 0.4) is 0 Å². The third-order valence-electron chi connectivity index (χ3n) is 4.40. The number of rotatable bonds is 4. The van der Waals surface area contributed by atoms with Crippen LogP contribution in [0.2, 0.25) is 5.02 Å². The molecule has 0 saturated heterocycles. The van der Waals surface area contributed by atoms with E-state index >= 15 is 0 Å². The van der Waals surface area contributed by atoms with Crippen molar-refractivity contribution in [1.29, 1.82) is 0 Å². The Morgan fingerprint density at radius 2 is 1.86 bits per heavy atom. The Balaban J connectivity index is 2.09. The zero-order valence-corrected chi connectivity index (χ0v) is 13.6. The van der Waals surface area contributed by atoms with Gasteiger partial charge in [0.15, 0.2) is 0 Å². The van der Waals surface area contributed by atoms with Crippen LogP contribution in [0, 0.1) is 6.92 Å². The predicted octanol–water partition coefficient (Wildman–Crippen LogP) is 3.48. The van der Waals surface area contributed by atoms with Crippen LogP contribution >= 0.6 is 11.6 Å². The number of halogens is 1. The van der Waals surface area contributed by atoms with Crippen molar-refractivity contribution in [2.45, 2.75) is 57.4 Å². The fourth-order valence-electron chi connectivity index (χ4n) is 3.07. The largest absolute Gasteiger partial charge is 0.480 e. The van der Waals surface area contributed by atoms with Gasteiger partial charge in [-0.1, -0.05) is 43.4 Å². The molecule has 120 valence electrons. The molecule has 2 rings (SSSR count). The second-order valence-electron chi connectivity index (χ2n) is 6.10. The molecule has 0 heterocycles. The summed E-state index contributed by atoms with van der Waals surface area (Å²) in [4.78, 5) is 24.0. The molecule has 1 aliphatic rings. The van der Waals surface area contributed by atoms with Crippen molar-refractivity contribution < 1.29 is 14.7 Å². The molecule has 5 heteroatoms. The first-order valence-electron chi connectivity index (χ1n) is 7.72. The highest BCUT2D eigenvalue weighted by Gasteiger charge is 2.39. The first kappa shape index (κ1) is 16.8. The van der Waals surface area contributed by atoms with Crippen LogP contribution in [0.25, 0.3) is 0 Å². The number of carboxylic acids is 1. The van der Waals surface area contributed by atoms with Crippen LogP contribution in [-0.4, -0.2) is 22.5 Å². The molecule has 0 unspecified atom stereocenters. The molecule has 1 saturated carbocycles. The van der Waals surface area contributed by atoms with Crippen molar-refractivity contribution in [3.63, 3.8) is 0 Å². The maximum absolute atomic E-state index is 12.3. The molecule has 1 aliphatic carbocycles. The minimum atomic E-state index is -1.10. The monoisotopic (exact) mass is 323 g/mol. The number of carboxylic acid groups (broad SMARTS) is 1. The lowest BCUT2D eigenvalue weighted by atomic mass is 9.89. The minimum Gasteiger partial charge on any atom is -0.480 e. The average Bonchev–Trinajstić information content (AvgIpc) is 2.68. The number of aryl methyl sites for hydroxylation is 1. The number of nitrogens with one attached hydrogen (secondary N) is 1. The number of carbonyl (C=O) groups is 2. The molecular weight excluding hydrogens is 302 g/mol. The van der Waals surface area contributed by atoms with Crippen molar-refractivity contribution >= 4 is 23.5 Å². The van der Waals surface area contributed by atoms with E-state index in [0.29, 0.717) is 17.9 Å². The highest BCUT2D eigenvalue weighted by atomic mass is 35.5. The minimum absolute atomic E-state index is 0.179. The van der Waals surface area contributed by atoms with Crippen LogP contribution in [0.1, 0.15) is 49.7 Å². The summed E-state index contributed by atoms with van der Waals surface area (Å²) in [6.07, 6.45) is 4.93. The molecule has 0 aliphatic heterocycles. The summed E-state index contributed by atoms with van der Waals surface area (Å²) in [5, 5.41) is 13.0. The third kappa shape index (κ3) is 4.01. The van der Waals surface area contributed by atoms with Crippen molar-refractivity contribution in [2.24, 2.45) is 0 Å². The summed E-state index contributed by atoms with van der Waals surface area (Å²) in [6, 6.07) is 5.37. The van der Waals surface area contributed by atoms with E-state index in [1.807, 2.05) is 19.1 Å². The van der Waals surface area contributed by atoms with Gasteiger partial charge in [0.1, 0.15) is 5.54 Å². The summed E-state index contributed by atoms with van der Waals surface area (Å²) in [5.41, 5.74) is 0.706. The smallest absolute Gasteiger partial charge is 0.329 e. The van der Waals surface area contributed by atoms with Crippen molar-refractivity contribution in [2.75, 3.05) is 0 Å². The summed E-state index contributed by atoms with van der Waals surface area (Å²) < 4.78 is 0. The van der Waals surface area contributed by atoms with Gasteiger partial charge in [-0.2, -0.15) is 0 Å². The molecule has 1 aromatic carbocycles. The highest BCUT2D eigenvalue weighted by Crippen LogP contribution is 2.28. The van der Waals surface area contributed by atoms with Gasteiger partial charge in [-0.05, 0) is 43.0 Å². The Hall–Kier alpha value is -1.55. The van der Waals surface area contributed by atoms with Gasteiger partial charge in [0, 0.05) is 5.02 Å². The Bertz CT molecular complexity index is 563. The maximum Gasteiger partial charge on any atom is 0.329 e. The number of carbonyl (C=O) groups excluding carboxylic acids is 1. The summed E-state index contributed by atoms with van der Waals surface area (Å²) in [5.74, 6) is -1.16. The molecule has 1 fully saturated rings. The van der Waals surface area contributed by atoms with E-state index in [2.05, 4.69) is 5.32 Å². The number of hydrogen-bond donors (Lipinski definition) is 2. The quantitative estimate of drug-likeness (QED) is 0.834. The molecule has 1 amide bonds. The lowest BCUT2D eigenvalue weighted by Gasteiger charge is -2.29. The number of hydrogen-bond acceptors (Lipinski definition) is 2. The van der Waals surface area contributed by atoms with Gasteiger partial charge >= 0.3 is 5.97 Å². The first-order chi connectivity index (χ1) is 10.4. The Kier molecular flexibility index (Phi) is 5.46. The van der Waals surface area contributed by atoms with E-state index in [1.165, 1.54) is 0 Å². The second kappa shape index (κ2) is 7.14. The normalized spacial score (nSPS) is 17.5. The molecule has 0 radical (unpaired) electrons. The molecule has 0 spiro atoms. The van der Waals surface area contributed by atoms with E-state index in [-0.39, 0.29) is 12.3 Å². The van der Waals surface area contributed by atoms with Crippen molar-refractivity contribution in [3.8, 4) is 0 Å². The van der Waals surface area contributed by atoms with Crippen LogP contribution in [0.15, 0.2) is 18.2 Å². The lowest BCUT2D eigenvalue weighted by Crippen LogP contribution is -2.54. The van der Waals surface area contributed by atoms with Crippen molar-refractivity contribution in [1.82, 2.24) is 5.32 Å². The average molecular weight is 324 g/mol. The predicted molar refractivity (Wildman–Crippen MR) is 86.1 cm³/mol. The van der Waals surface area contributed by atoms with Gasteiger partial charge < -0.3 is 10.4 Å². The van der Waals surface area contributed by atoms with Gasteiger partial charge in [0.25, 0.3) is 0 Å².